The molecule has 0 aliphatic carbocycles. The SMILES string of the molecule is Cc1cc(C)cc(OCC(=O)NNC(=O)/C=C/c2c(F)cccc2Cl)c1. The van der Waals surface area contributed by atoms with Gasteiger partial charge in [-0.25, -0.2) is 4.39 Å². The van der Waals surface area contributed by atoms with E-state index in [4.69, 9.17) is 16.3 Å². The van der Waals surface area contributed by atoms with Crippen LogP contribution in [0.2, 0.25) is 5.02 Å². The van der Waals surface area contributed by atoms with E-state index in [-0.39, 0.29) is 17.2 Å². The second-order valence-corrected chi connectivity index (χ2v) is 6.03. The van der Waals surface area contributed by atoms with Gasteiger partial charge in [-0.2, -0.15) is 0 Å². The number of nitrogens with one attached hydrogen (secondary N) is 2. The quantitative estimate of drug-likeness (QED) is 0.621. The predicted molar refractivity (Wildman–Crippen MR) is 98.1 cm³/mol. The van der Waals surface area contributed by atoms with Gasteiger partial charge in [0.1, 0.15) is 11.6 Å². The topological polar surface area (TPSA) is 67.4 Å². The highest BCUT2D eigenvalue weighted by atomic mass is 35.5. The Labute approximate surface area is 155 Å². The Hall–Kier alpha value is -2.86. The Kier molecular flexibility index (Phi) is 6.74. The number of ether oxygens (including phenoxy) is 1. The van der Waals surface area contributed by atoms with Crippen LogP contribution in [-0.4, -0.2) is 18.4 Å². The Bertz CT molecular complexity index is 812. The highest BCUT2D eigenvalue weighted by Crippen LogP contribution is 2.20. The van der Waals surface area contributed by atoms with Crippen molar-refractivity contribution >= 4 is 29.5 Å². The number of aryl methyl sites for hydroxylation is 2. The summed E-state index contributed by atoms with van der Waals surface area (Å²) in [6.07, 6.45) is 2.29. The zero-order valence-electron chi connectivity index (χ0n) is 14.3. The summed E-state index contributed by atoms with van der Waals surface area (Å²) in [5, 5.41) is 0.180. The molecule has 7 heteroatoms. The summed E-state index contributed by atoms with van der Waals surface area (Å²) in [6.45, 7) is 3.59. The number of carbonyl (C=O) groups is 2. The fourth-order valence-electron chi connectivity index (χ4n) is 2.20. The van der Waals surface area contributed by atoms with E-state index in [1.54, 1.807) is 12.1 Å². The first kappa shape index (κ1) is 19.5. The molecule has 2 rings (SSSR count). The molecule has 26 heavy (non-hydrogen) atoms. The van der Waals surface area contributed by atoms with Crippen LogP contribution in [0.5, 0.6) is 5.75 Å². The molecular weight excluding hydrogens is 359 g/mol. The molecule has 0 fully saturated rings. The lowest BCUT2D eigenvalue weighted by Crippen LogP contribution is -2.43. The van der Waals surface area contributed by atoms with Crippen LogP contribution in [-0.2, 0) is 9.59 Å². The Morgan fingerprint density at radius 1 is 1.15 bits per heavy atom. The van der Waals surface area contributed by atoms with E-state index in [0.717, 1.165) is 17.2 Å². The smallest absolute Gasteiger partial charge is 0.276 e. The van der Waals surface area contributed by atoms with Gasteiger partial charge in [0, 0.05) is 11.6 Å². The van der Waals surface area contributed by atoms with E-state index in [0.29, 0.717) is 5.75 Å². The minimum Gasteiger partial charge on any atom is -0.484 e. The molecule has 0 atom stereocenters. The molecule has 2 amide bonds. The van der Waals surface area contributed by atoms with Crippen molar-refractivity contribution in [3.05, 3.63) is 70.0 Å². The average Bonchev–Trinajstić information content (AvgIpc) is 2.57. The van der Waals surface area contributed by atoms with Crippen molar-refractivity contribution in [2.24, 2.45) is 0 Å². The van der Waals surface area contributed by atoms with Gasteiger partial charge in [0.2, 0.25) is 0 Å². The Morgan fingerprint density at radius 3 is 2.50 bits per heavy atom. The first-order valence-electron chi connectivity index (χ1n) is 7.77. The summed E-state index contributed by atoms with van der Waals surface area (Å²) in [6, 6.07) is 9.80. The summed E-state index contributed by atoms with van der Waals surface area (Å²) in [5.41, 5.74) is 6.52. The minimum absolute atomic E-state index is 0.0915. The van der Waals surface area contributed by atoms with E-state index in [1.807, 2.05) is 19.9 Å². The van der Waals surface area contributed by atoms with Crippen molar-refractivity contribution in [2.45, 2.75) is 13.8 Å². The van der Waals surface area contributed by atoms with Crippen molar-refractivity contribution in [2.75, 3.05) is 6.61 Å². The van der Waals surface area contributed by atoms with Crippen molar-refractivity contribution in [3.63, 3.8) is 0 Å². The van der Waals surface area contributed by atoms with Crippen LogP contribution in [0.3, 0.4) is 0 Å². The minimum atomic E-state index is -0.635. The maximum atomic E-state index is 13.6. The zero-order valence-corrected chi connectivity index (χ0v) is 15.1. The van der Waals surface area contributed by atoms with Crippen LogP contribution in [0, 0.1) is 19.7 Å². The van der Waals surface area contributed by atoms with Crippen LogP contribution in [0.15, 0.2) is 42.5 Å². The maximum absolute atomic E-state index is 13.6. The lowest BCUT2D eigenvalue weighted by Gasteiger charge is -2.09. The predicted octanol–water partition coefficient (Wildman–Crippen LogP) is 3.34. The molecule has 0 radical (unpaired) electrons. The van der Waals surface area contributed by atoms with Crippen molar-refractivity contribution in [1.29, 1.82) is 0 Å². The molecule has 2 N–H and O–H groups in total. The van der Waals surface area contributed by atoms with Gasteiger partial charge >= 0.3 is 0 Å². The second-order valence-electron chi connectivity index (χ2n) is 5.62. The molecule has 0 saturated carbocycles. The third-order valence-electron chi connectivity index (χ3n) is 3.29. The molecule has 2 aromatic carbocycles. The lowest BCUT2D eigenvalue weighted by atomic mass is 10.1. The van der Waals surface area contributed by atoms with E-state index < -0.39 is 17.6 Å². The second kappa shape index (κ2) is 9.01. The first-order valence-corrected chi connectivity index (χ1v) is 8.15. The monoisotopic (exact) mass is 376 g/mol. The van der Waals surface area contributed by atoms with Crippen molar-refractivity contribution in [3.8, 4) is 5.75 Å². The van der Waals surface area contributed by atoms with Crippen LogP contribution >= 0.6 is 11.6 Å². The molecule has 0 aliphatic rings. The fraction of sp³-hybridized carbons (Fsp3) is 0.158. The molecule has 0 bridgehead atoms. The first-order chi connectivity index (χ1) is 12.3. The molecule has 2 aromatic rings. The van der Waals surface area contributed by atoms with E-state index in [2.05, 4.69) is 10.9 Å². The number of hydrogen-bond acceptors (Lipinski definition) is 3. The summed E-state index contributed by atoms with van der Waals surface area (Å²) in [4.78, 5) is 23.4. The van der Waals surface area contributed by atoms with E-state index in [9.17, 15) is 14.0 Å². The summed E-state index contributed by atoms with van der Waals surface area (Å²) < 4.78 is 19.0. The largest absolute Gasteiger partial charge is 0.484 e. The fourth-order valence-corrected chi connectivity index (χ4v) is 2.43. The van der Waals surface area contributed by atoms with Gasteiger partial charge in [0.15, 0.2) is 6.61 Å². The van der Waals surface area contributed by atoms with Crippen LogP contribution in [0.1, 0.15) is 16.7 Å². The van der Waals surface area contributed by atoms with Gasteiger partial charge in [-0.05, 0) is 55.3 Å². The summed E-state index contributed by atoms with van der Waals surface area (Å²) in [5.74, 6) is -1.15. The highest BCUT2D eigenvalue weighted by molar-refractivity contribution is 6.32. The number of halogens is 2. The zero-order chi connectivity index (χ0) is 19.1. The average molecular weight is 377 g/mol. The number of rotatable bonds is 5. The van der Waals surface area contributed by atoms with Crippen molar-refractivity contribution in [1.82, 2.24) is 10.9 Å². The van der Waals surface area contributed by atoms with Crippen LogP contribution in [0.25, 0.3) is 6.08 Å². The third-order valence-corrected chi connectivity index (χ3v) is 3.62. The molecule has 136 valence electrons. The number of hydrazine groups is 1. The number of carbonyl (C=O) groups excluding carboxylic acids is 2. The van der Waals surface area contributed by atoms with E-state index in [1.165, 1.54) is 24.3 Å². The van der Waals surface area contributed by atoms with Gasteiger partial charge in [0.25, 0.3) is 11.8 Å². The van der Waals surface area contributed by atoms with Gasteiger partial charge in [-0.15, -0.1) is 0 Å². The number of amides is 2. The van der Waals surface area contributed by atoms with Crippen LogP contribution < -0.4 is 15.6 Å². The maximum Gasteiger partial charge on any atom is 0.276 e. The molecular formula is C19H18ClFN2O3. The molecule has 0 aliphatic heterocycles. The van der Waals surface area contributed by atoms with Gasteiger partial charge < -0.3 is 4.74 Å². The molecule has 0 saturated heterocycles. The summed E-state index contributed by atoms with van der Waals surface area (Å²) >= 11 is 5.85. The normalized spacial score (nSPS) is 10.6. The Balaban J connectivity index is 1.81. The van der Waals surface area contributed by atoms with Gasteiger partial charge in [-0.3, -0.25) is 20.4 Å². The molecule has 0 unspecified atom stereocenters. The van der Waals surface area contributed by atoms with Crippen LogP contribution in [0.4, 0.5) is 4.39 Å². The number of benzene rings is 2. The number of hydrogen-bond donors (Lipinski definition) is 2. The molecule has 0 spiro atoms. The summed E-state index contributed by atoms with van der Waals surface area (Å²) in [7, 11) is 0. The lowest BCUT2D eigenvalue weighted by molar-refractivity contribution is -0.128. The van der Waals surface area contributed by atoms with Crippen molar-refractivity contribution < 1.29 is 18.7 Å². The molecule has 0 aromatic heterocycles. The highest BCUT2D eigenvalue weighted by Gasteiger charge is 2.06. The standard InChI is InChI=1S/C19H18ClFN2O3/c1-12-8-13(2)10-14(9-12)26-11-19(25)23-22-18(24)7-6-15-16(20)4-3-5-17(15)21/h3-10H,11H2,1-2H3,(H,22,24)(H,23,25)/b7-6+. The van der Waals surface area contributed by atoms with Gasteiger partial charge in [-0.1, -0.05) is 23.7 Å². The molecule has 5 nitrogen and oxygen atoms in total. The molecule has 0 heterocycles. The van der Waals surface area contributed by atoms with E-state index >= 15 is 0 Å². The Morgan fingerprint density at radius 2 is 1.85 bits per heavy atom. The van der Waals surface area contributed by atoms with Gasteiger partial charge in [0.05, 0.1) is 5.02 Å². The third kappa shape index (κ3) is 5.89.